The first-order valence-electron chi connectivity index (χ1n) is 9.18. The first-order valence-corrected chi connectivity index (χ1v) is 10.0. The number of carboxylic acids is 1. The van der Waals surface area contributed by atoms with Gasteiger partial charge in [0.1, 0.15) is 5.00 Å². The number of carboxylic acid groups (broad SMARTS) is 1. The molecule has 2 aliphatic carbocycles. The number of amides is 1. The fraction of sp³-hybridized carbons (Fsp3) is 0.632. The number of ether oxygens (including phenoxy) is 1. The highest BCUT2D eigenvalue weighted by molar-refractivity contribution is 7.17. The molecule has 0 saturated heterocycles. The van der Waals surface area contributed by atoms with Crippen LogP contribution in [0.15, 0.2) is 0 Å². The van der Waals surface area contributed by atoms with Gasteiger partial charge in [0.15, 0.2) is 0 Å². The van der Waals surface area contributed by atoms with Crippen molar-refractivity contribution in [1.82, 2.24) is 0 Å². The van der Waals surface area contributed by atoms with Gasteiger partial charge in [0.05, 0.1) is 24.5 Å². The summed E-state index contributed by atoms with van der Waals surface area (Å²) in [4.78, 5) is 37.7. The van der Waals surface area contributed by atoms with Gasteiger partial charge in [-0.1, -0.05) is 19.8 Å². The predicted octanol–water partition coefficient (Wildman–Crippen LogP) is 3.49. The molecule has 0 bridgehead atoms. The van der Waals surface area contributed by atoms with E-state index in [-0.39, 0.29) is 5.91 Å². The van der Waals surface area contributed by atoms with Crippen molar-refractivity contribution in [3.8, 4) is 0 Å². The lowest BCUT2D eigenvalue weighted by Gasteiger charge is -2.27. The lowest BCUT2D eigenvalue weighted by molar-refractivity contribution is -0.147. The lowest BCUT2D eigenvalue weighted by Crippen LogP contribution is -2.36. The van der Waals surface area contributed by atoms with Crippen LogP contribution in [0.1, 0.15) is 59.8 Å². The molecule has 1 amide bonds. The van der Waals surface area contributed by atoms with E-state index in [1.165, 1.54) is 18.4 Å². The van der Waals surface area contributed by atoms with Crippen LogP contribution in [-0.4, -0.2) is 30.1 Å². The molecule has 1 heterocycles. The molecule has 0 unspecified atom stereocenters. The van der Waals surface area contributed by atoms with E-state index in [1.807, 2.05) is 0 Å². The third kappa shape index (κ3) is 3.63. The predicted molar refractivity (Wildman–Crippen MR) is 98.6 cm³/mol. The van der Waals surface area contributed by atoms with Crippen molar-refractivity contribution in [2.75, 3.05) is 12.4 Å². The van der Waals surface area contributed by atoms with Crippen molar-refractivity contribution in [1.29, 1.82) is 0 Å². The molecule has 0 aliphatic heterocycles. The van der Waals surface area contributed by atoms with Gasteiger partial charge >= 0.3 is 11.9 Å². The van der Waals surface area contributed by atoms with Crippen molar-refractivity contribution in [2.45, 2.75) is 51.9 Å². The van der Waals surface area contributed by atoms with Crippen molar-refractivity contribution in [2.24, 2.45) is 17.8 Å². The van der Waals surface area contributed by atoms with Crippen LogP contribution < -0.4 is 5.32 Å². The average Bonchev–Trinajstić information content (AvgIpc) is 2.97. The number of methoxy groups -OCH3 is 1. The first kappa shape index (κ1) is 18.9. The highest BCUT2D eigenvalue weighted by Crippen LogP contribution is 2.41. The maximum atomic E-state index is 12.8. The van der Waals surface area contributed by atoms with Gasteiger partial charge in [0.25, 0.3) is 0 Å². The van der Waals surface area contributed by atoms with Crippen LogP contribution in [0.4, 0.5) is 5.00 Å². The molecule has 0 spiro atoms. The minimum Gasteiger partial charge on any atom is -0.481 e. The number of esters is 1. The Morgan fingerprint density at radius 2 is 1.85 bits per heavy atom. The molecule has 2 N–H and O–H groups in total. The number of fused-ring (bicyclic) bond motifs is 1. The Bertz CT molecular complexity index is 726. The van der Waals surface area contributed by atoms with Gasteiger partial charge in [-0.15, -0.1) is 11.3 Å². The van der Waals surface area contributed by atoms with Gasteiger partial charge in [-0.2, -0.15) is 0 Å². The number of hydrogen-bond acceptors (Lipinski definition) is 5. The second-order valence-electron chi connectivity index (χ2n) is 7.37. The molecular weight excluding hydrogens is 354 g/mol. The summed E-state index contributed by atoms with van der Waals surface area (Å²) in [6.45, 7) is 2.18. The highest BCUT2D eigenvalue weighted by Gasteiger charge is 2.37. The minimum atomic E-state index is -0.919. The Hall–Kier alpha value is -1.89. The largest absolute Gasteiger partial charge is 0.481 e. The standard InChI is InChI=1S/C19H25NO5S/c1-10-7-8-13-14(9-10)26-17(15(13)19(24)25-2)20-16(21)11-5-3-4-6-12(11)18(22)23/h10-12H,3-9H2,1-2H3,(H,20,21)(H,22,23)/t10-,11+,12+/m1/s1. The van der Waals surface area contributed by atoms with E-state index in [2.05, 4.69) is 12.2 Å². The maximum Gasteiger partial charge on any atom is 0.341 e. The number of carbonyl (C=O) groups is 3. The van der Waals surface area contributed by atoms with Crippen LogP contribution in [0, 0.1) is 17.8 Å². The summed E-state index contributed by atoms with van der Waals surface area (Å²) in [5.41, 5.74) is 1.43. The van der Waals surface area contributed by atoms with Crippen molar-refractivity contribution < 1.29 is 24.2 Å². The van der Waals surface area contributed by atoms with E-state index >= 15 is 0 Å². The zero-order valence-corrected chi connectivity index (χ0v) is 16.0. The topological polar surface area (TPSA) is 92.7 Å². The van der Waals surface area contributed by atoms with E-state index in [1.54, 1.807) is 0 Å². The third-order valence-corrected chi connectivity index (χ3v) is 6.73. The summed E-state index contributed by atoms with van der Waals surface area (Å²) in [6.07, 6.45) is 5.47. The Morgan fingerprint density at radius 3 is 2.50 bits per heavy atom. The summed E-state index contributed by atoms with van der Waals surface area (Å²) in [7, 11) is 1.34. The van der Waals surface area contributed by atoms with Crippen LogP contribution >= 0.6 is 11.3 Å². The molecule has 0 radical (unpaired) electrons. The average molecular weight is 379 g/mol. The quantitative estimate of drug-likeness (QED) is 0.781. The monoisotopic (exact) mass is 379 g/mol. The molecule has 1 aromatic heterocycles. The van der Waals surface area contributed by atoms with Crippen LogP contribution in [0.5, 0.6) is 0 Å². The zero-order valence-electron chi connectivity index (χ0n) is 15.2. The summed E-state index contributed by atoms with van der Waals surface area (Å²) < 4.78 is 4.94. The summed E-state index contributed by atoms with van der Waals surface area (Å²) in [5.74, 6) is -2.31. The molecule has 0 aromatic carbocycles. The molecule has 2 aliphatic rings. The van der Waals surface area contributed by atoms with E-state index < -0.39 is 23.8 Å². The molecule has 3 atom stereocenters. The first-order chi connectivity index (χ1) is 12.4. The smallest absolute Gasteiger partial charge is 0.341 e. The minimum absolute atomic E-state index is 0.297. The lowest BCUT2D eigenvalue weighted by atomic mass is 9.78. The normalized spacial score (nSPS) is 25.2. The number of nitrogens with one attached hydrogen (secondary N) is 1. The zero-order chi connectivity index (χ0) is 18.8. The van der Waals surface area contributed by atoms with Crippen molar-refractivity contribution in [3.63, 3.8) is 0 Å². The molecule has 7 heteroatoms. The number of anilines is 1. The number of carbonyl (C=O) groups excluding carboxylic acids is 2. The van der Waals surface area contributed by atoms with Crippen LogP contribution in [-0.2, 0) is 27.2 Å². The molecule has 6 nitrogen and oxygen atoms in total. The van der Waals surface area contributed by atoms with Crippen molar-refractivity contribution in [3.05, 3.63) is 16.0 Å². The summed E-state index contributed by atoms with van der Waals surface area (Å²) >= 11 is 1.43. The molecular formula is C19H25NO5S. The second kappa shape index (κ2) is 7.78. The molecule has 3 rings (SSSR count). The number of hydrogen-bond donors (Lipinski definition) is 2. The van der Waals surface area contributed by atoms with Gasteiger partial charge in [0.2, 0.25) is 5.91 Å². The molecule has 1 fully saturated rings. The van der Waals surface area contributed by atoms with Crippen LogP contribution in [0.25, 0.3) is 0 Å². The van der Waals surface area contributed by atoms with E-state index in [0.717, 1.165) is 42.5 Å². The molecule has 1 aromatic rings. The Balaban J connectivity index is 1.88. The summed E-state index contributed by atoms with van der Waals surface area (Å²) in [6, 6.07) is 0. The number of rotatable bonds is 4. The number of thiophene rings is 1. The SMILES string of the molecule is COC(=O)c1c(NC(=O)[C@H]2CCCC[C@@H]2C(=O)O)sc2c1CC[C@@H](C)C2. The Kier molecular flexibility index (Phi) is 5.65. The van der Waals surface area contributed by atoms with Crippen LogP contribution in [0.2, 0.25) is 0 Å². The van der Waals surface area contributed by atoms with Gasteiger partial charge in [-0.05, 0) is 43.6 Å². The fourth-order valence-electron chi connectivity index (χ4n) is 4.10. The van der Waals surface area contributed by atoms with E-state index in [4.69, 9.17) is 4.74 Å². The van der Waals surface area contributed by atoms with E-state index in [9.17, 15) is 19.5 Å². The second-order valence-corrected chi connectivity index (χ2v) is 8.48. The van der Waals surface area contributed by atoms with Gasteiger partial charge < -0.3 is 15.2 Å². The molecule has 26 heavy (non-hydrogen) atoms. The maximum absolute atomic E-state index is 12.8. The molecule has 1 saturated carbocycles. The van der Waals surface area contributed by atoms with Crippen LogP contribution in [0.3, 0.4) is 0 Å². The van der Waals surface area contributed by atoms with Crippen molar-refractivity contribution >= 4 is 34.2 Å². The molecule has 142 valence electrons. The Morgan fingerprint density at radius 1 is 1.15 bits per heavy atom. The van der Waals surface area contributed by atoms with E-state index in [0.29, 0.717) is 29.3 Å². The highest BCUT2D eigenvalue weighted by atomic mass is 32.1. The fourth-order valence-corrected chi connectivity index (χ4v) is 5.50. The van der Waals surface area contributed by atoms with Gasteiger partial charge in [-0.25, -0.2) is 4.79 Å². The third-order valence-electron chi connectivity index (χ3n) is 5.56. The van der Waals surface area contributed by atoms with Gasteiger partial charge in [0, 0.05) is 4.88 Å². The Labute approximate surface area is 156 Å². The number of aliphatic carboxylic acids is 1. The summed E-state index contributed by atoms with van der Waals surface area (Å²) in [5, 5.41) is 12.8. The van der Waals surface area contributed by atoms with Gasteiger partial charge in [-0.3, -0.25) is 9.59 Å².